The van der Waals surface area contributed by atoms with Crippen LogP contribution in [0.2, 0.25) is 0 Å². The summed E-state index contributed by atoms with van der Waals surface area (Å²) in [6.45, 7) is 6.34. The highest BCUT2D eigenvalue weighted by molar-refractivity contribution is 5.35. The fourth-order valence-corrected chi connectivity index (χ4v) is 2.49. The van der Waals surface area contributed by atoms with E-state index in [1.54, 1.807) is 0 Å². The number of rotatable bonds is 4. The number of nitrogens with zero attached hydrogens (tertiary/aromatic N) is 2. The second kappa shape index (κ2) is 5.17. The third-order valence-corrected chi connectivity index (χ3v) is 3.80. The van der Waals surface area contributed by atoms with Crippen LogP contribution in [0.15, 0.2) is 30.6 Å². The lowest BCUT2D eigenvalue weighted by Gasteiger charge is -2.27. The van der Waals surface area contributed by atoms with Crippen molar-refractivity contribution in [1.29, 1.82) is 0 Å². The van der Waals surface area contributed by atoms with Crippen LogP contribution in [-0.2, 0) is 19.0 Å². The van der Waals surface area contributed by atoms with E-state index in [9.17, 15) is 0 Å². The minimum atomic E-state index is -0.317. The Morgan fingerprint density at radius 2 is 2.05 bits per heavy atom. The summed E-state index contributed by atoms with van der Waals surface area (Å²) in [6, 6.07) is 6.48. The Bertz CT molecular complexity index is 567. The molecule has 19 heavy (non-hydrogen) atoms. The molecule has 102 valence electrons. The molecule has 0 bridgehead atoms. The van der Waals surface area contributed by atoms with Crippen LogP contribution >= 0.6 is 0 Å². The molecule has 2 aromatic rings. The van der Waals surface area contributed by atoms with Crippen molar-refractivity contribution < 1.29 is 0 Å². The van der Waals surface area contributed by atoms with Gasteiger partial charge in [0, 0.05) is 31.4 Å². The van der Waals surface area contributed by atoms with Crippen molar-refractivity contribution in [1.82, 2.24) is 9.55 Å². The predicted molar refractivity (Wildman–Crippen MR) is 79.0 cm³/mol. The van der Waals surface area contributed by atoms with Gasteiger partial charge in [0.2, 0.25) is 0 Å². The topological polar surface area (TPSA) is 43.8 Å². The van der Waals surface area contributed by atoms with Crippen LogP contribution in [-0.4, -0.2) is 9.55 Å². The van der Waals surface area contributed by atoms with E-state index in [2.05, 4.69) is 48.5 Å². The van der Waals surface area contributed by atoms with E-state index in [1.807, 2.05) is 19.4 Å². The van der Waals surface area contributed by atoms with E-state index in [1.165, 1.54) is 16.7 Å². The first-order valence-electron chi connectivity index (χ1n) is 6.73. The van der Waals surface area contributed by atoms with Crippen LogP contribution < -0.4 is 5.73 Å². The summed E-state index contributed by atoms with van der Waals surface area (Å²) >= 11 is 0. The van der Waals surface area contributed by atoms with E-state index in [4.69, 9.17) is 5.73 Å². The van der Waals surface area contributed by atoms with Gasteiger partial charge in [0.15, 0.2) is 0 Å². The number of hydrogen-bond donors (Lipinski definition) is 1. The van der Waals surface area contributed by atoms with Gasteiger partial charge in [-0.2, -0.15) is 0 Å². The molecule has 0 saturated heterocycles. The van der Waals surface area contributed by atoms with Crippen LogP contribution in [0, 0.1) is 13.8 Å². The molecule has 0 spiro atoms. The summed E-state index contributed by atoms with van der Waals surface area (Å²) < 4.78 is 2.05. The third-order valence-electron chi connectivity index (χ3n) is 3.80. The average molecular weight is 257 g/mol. The molecule has 0 fully saturated rings. The lowest BCUT2D eigenvalue weighted by Crippen LogP contribution is -2.34. The molecule has 1 aromatic heterocycles. The van der Waals surface area contributed by atoms with Crippen molar-refractivity contribution in [2.45, 2.75) is 39.2 Å². The van der Waals surface area contributed by atoms with Gasteiger partial charge in [-0.1, -0.05) is 23.8 Å². The molecule has 1 atom stereocenters. The van der Waals surface area contributed by atoms with Crippen molar-refractivity contribution in [3.8, 4) is 0 Å². The summed E-state index contributed by atoms with van der Waals surface area (Å²) in [5, 5.41) is 0. The Labute approximate surface area is 115 Å². The molecule has 0 aliphatic rings. The maximum Gasteiger partial charge on any atom is 0.108 e. The van der Waals surface area contributed by atoms with Gasteiger partial charge in [0.05, 0.1) is 0 Å². The summed E-state index contributed by atoms with van der Waals surface area (Å²) in [6.07, 6.45) is 5.59. The molecule has 2 rings (SSSR count). The van der Waals surface area contributed by atoms with E-state index in [-0.39, 0.29) is 5.54 Å². The van der Waals surface area contributed by atoms with Gasteiger partial charge in [0.1, 0.15) is 5.82 Å². The van der Waals surface area contributed by atoms with Crippen LogP contribution in [0.3, 0.4) is 0 Å². The van der Waals surface area contributed by atoms with Crippen molar-refractivity contribution in [2.75, 3.05) is 0 Å². The SMILES string of the molecule is Cc1ccc(C)c(C(C)(N)CCc2nccn2C)c1. The highest BCUT2D eigenvalue weighted by Crippen LogP contribution is 2.27. The Morgan fingerprint density at radius 3 is 2.68 bits per heavy atom. The molecule has 0 saturated carbocycles. The number of imidazole rings is 1. The first kappa shape index (κ1) is 13.8. The lowest BCUT2D eigenvalue weighted by atomic mass is 9.84. The van der Waals surface area contributed by atoms with Crippen LogP contribution in [0.4, 0.5) is 0 Å². The third kappa shape index (κ3) is 3.04. The predicted octanol–water partition coefficient (Wildman–Crippen LogP) is 2.84. The largest absolute Gasteiger partial charge is 0.338 e. The van der Waals surface area contributed by atoms with E-state index in [0.717, 1.165) is 18.7 Å². The highest BCUT2D eigenvalue weighted by Gasteiger charge is 2.23. The first-order chi connectivity index (χ1) is 8.90. The smallest absolute Gasteiger partial charge is 0.108 e. The summed E-state index contributed by atoms with van der Waals surface area (Å²) in [7, 11) is 2.02. The minimum absolute atomic E-state index is 0.317. The first-order valence-corrected chi connectivity index (χ1v) is 6.73. The highest BCUT2D eigenvalue weighted by atomic mass is 15.0. The molecule has 1 aromatic carbocycles. The van der Waals surface area contributed by atoms with Crippen molar-refractivity contribution >= 4 is 0 Å². The lowest BCUT2D eigenvalue weighted by molar-refractivity contribution is 0.442. The standard InChI is InChI=1S/C16H23N3/c1-12-5-6-13(2)14(11-12)16(3,17)8-7-15-18-9-10-19(15)4/h5-6,9-11H,7-8,17H2,1-4H3. The number of aromatic nitrogens is 2. The number of benzene rings is 1. The number of hydrogen-bond acceptors (Lipinski definition) is 2. The molecular formula is C16H23N3. The molecule has 0 aliphatic heterocycles. The average Bonchev–Trinajstić information content (AvgIpc) is 2.75. The molecular weight excluding hydrogens is 234 g/mol. The second-order valence-electron chi connectivity index (χ2n) is 5.69. The summed E-state index contributed by atoms with van der Waals surface area (Å²) in [5.41, 5.74) is 9.98. The van der Waals surface area contributed by atoms with Crippen molar-refractivity contribution in [3.05, 3.63) is 53.1 Å². The zero-order valence-corrected chi connectivity index (χ0v) is 12.3. The molecule has 0 radical (unpaired) electrons. The molecule has 3 heteroatoms. The van der Waals surface area contributed by atoms with Gasteiger partial charge in [-0.25, -0.2) is 4.98 Å². The molecule has 1 heterocycles. The second-order valence-corrected chi connectivity index (χ2v) is 5.69. The van der Waals surface area contributed by atoms with E-state index in [0.29, 0.717) is 0 Å². The molecule has 2 N–H and O–H groups in total. The minimum Gasteiger partial charge on any atom is -0.338 e. The van der Waals surface area contributed by atoms with Gasteiger partial charge in [-0.3, -0.25) is 0 Å². The monoisotopic (exact) mass is 257 g/mol. The zero-order valence-electron chi connectivity index (χ0n) is 12.3. The van der Waals surface area contributed by atoms with Crippen LogP contribution in [0.25, 0.3) is 0 Å². The molecule has 0 amide bonds. The maximum absolute atomic E-state index is 6.54. The number of nitrogens with two attached hydrogens (primary N) is 1. The molecule has 0 aliphatic carbocycles. The van der Waals surface area contributed by atoms with Gasteiger partial charge < -0.3 is 10.3 Å². The van der Waals surface area contributed by atoms with Gasteiger partial charge in [0.25, 0.3) is 0 Å². The quantitative estimate of drug-likeness (QED) is 0.915. The normalized spacial score (nSPS) is 14.4. The Morgan fingerprint density at radius 1 is 1.32 bits per heavy atom. The fraction of sp³-hybridized carbons (Fsp3) is 0.438. The van der Waals surface area contributed by atoms with Gasteiger partial charge >= 0.3 is 0 Å². The van der Waals surface area contributed by atoms with E-state index < -0.39 is 0 Å². The number of aryl methyl sites for hydroxylation is 4. The van der Waals surface area contributed by atoms with Gasteiger partial charge in [-0.15, -0.1) is 0 Å². The van der Waals surface area contributed by atoms with Gasteiger partial charge in [-0.05, 0) is 38.3 Å². The summed E-state index contributed by atoms with van der Waals surface area (Å²) in [5.74, 6) is 1.09. The van der Waals surface area contributed by atoms with Crippen LogP contribution in [0.1, 0.15) is 35.9 Å². The Kier molecular flexibility index (Phi) is 3.76. The zero-order chi connectivity index (χ0) is 14.0. The summed E-state index contributed by atoms with van der Waals surface area (Å²) in [4.78, 5) is 4.36. The Hall–Kier alpha value is -1.61. The molecule has 1 unspecified atom stereocenters. The Balaban J connectivity index is 2.18. The van der Waals surface area contributed by atoms with Crippen molar-refractivity contribution in [3.63, 3.8) is 0 Å². The van der Waals surface area contributed by atoms with Crippen molar-refractivity contribution in [2.24, 2.45) is 12.8 Å². The van der Waals surface area contributed by atoms with E-state index >= 15 is 0 Å². The molecule has 3 nitrogen and oxygen atoms in total. The van der Waals surface area contributed by atoms with Crippen LogP contribution in [0.5, 0.6) is 0 Å². The maximum atomic E-state index is 6.54. The fourth-order valence-electron chi connectivity index (χ4n) is 2.49.